The fourth-order valence-corrected chi connectivity index (χ4v) is 3.76. The number of carbonyl (C=O) groups is 1. The highest BCUT2D eigenvalue weighted by Gasteiger charge is 2.16. The monoisotopic (exact) mass is 569 g/mol. The van der Waals surface area contributed by atoms with Crippen LogP contribution in [0.3, 0.4) is 0 Å². The Morgan fingerprint density at radius 3 is 2.65 bits per heavy atom. The fourth-order valence-electron chi connectivity index (χ4n) is 2.77. The number of rotatable bonds is 3. The molecule has 0 aliphatic carbocycles. The van der Waals surface area contributed by atoms with Crippen molar-refractivity contribution in [2.24, 2.45) is 0 Å². The van der Waals surface area contributed by atoms with Crippen molar-refractivity contribution in [3.05, 3.63) is 80.4 Å². The van der Waals surface area contributed by atoms with Crippen LogP contribution in [-0.2, 0) is 0 Å². The lowest BCUT2D eigenvalue weighted by Gasteiger charge is -2.09. The molecule has 0 saturated heterocycles. The quantitative estimate of drug-likeness (QED) is 0.176. The van der Waals surface area contributed by atoms with Crippen molar-refractivity contribution in [2.45, 2.75) is 0 Å². The number of fused-ring (bicyclic) bond motifs is 1. The first kappa shape index (κ1) is 21.6. The van der Waals surface area contributed by atoms with E-state index in [4.69, 9.17) is 28.2 Å². The van der Waals surface area contributed by atoms with Gasteiger partial charge in [0.2, 0.25) is 5.89 Å². The topological polar surface area (TPSA) is 67.2 Å². The highest BCUT2D eigenvalue weighted by Crippen LogP contribution is 2.32. The maximum Gasteiger partial charge on any atom is 0.257 e. The van der Waals surface area contributed by atoms with Gasteiger partial charge in [0.15, 0.2) is 22.3 Å². The molecule has 0 unspecified atom stereocenters. The van der Waals surface area contributed by atoms with Gasteiger partial charge < -0.3 is 9.73 Å². The van der Waals surface area contributed by atoms with Crippen molar-refractivity contribution in [3.63, 3.8) is 0 Å². The Balaban J connectivity index is 1.52. The Kier molecular flexibility index (Phi) is 6.17. The third-order valence-corrected chi connectivity index (χ3v) is 5.39. The molecule has 4 aromatic rings. The second kappa shape index (κ2) is 8.85. The van der Waals surface area contributed by atoms with Crippen molar-refractivity contribution in [3.8, 4) is 11.5 Å². The molecule has 0 bridgehead atoms. The van der Waals surface area contributed by atoms with E-state index >= 15 is 0 Å². The smallest absolute Gasteiger partial charge is 0.257 e. The molecule has 5 nitrogen and oxygen atoms in total. The molecule has 0 aliphatic rings. The second-order valence-electron chi connectivity index (χ2n) is 6.37. The van der Waals surface area contributed by atoms with E-state index in [1.807, 2.05) is 6.07 Å². The van der Waals surface area contributed by atoms with E-state index in [9.17, 15) is 13.6 Å². The van der Waals surface area contributed by atoms with E-state index in [0.717, 1.165) is 15.7 Å². The molecule has 31 heavy (non-hydrogen) atoms. The molecular weight excluding hydrogens is 559 g/mol. The predicted octanol–water partition coefficient (Wildman–Crippen LogP) is 6.16. The number of amides is 1. The average molecular weight is 570 g/mol. The summed E-state index contributed by atoms with van der Waals surface area (Å²) in [4.78, 5) is 16.6. The number of aromatic nitrogens is 1. The van der Waals surface area contributed by atoms with Gasteiger partial charge in [-0.3, -0.25) is 10.1 Å². The number of carbonyl (C=O) groups excluding carboxylic acids is 1. The molecular formula is C21H11ClF2IN3O2S. The minimum Gasteiger partial charge on any atom is -0.436 e. The molecule has 2 N–H and O–H groups in total. The molecule has 10 heteroatoms. The van der Waals surface area contributed by atoms with Gasteiger partial charge in [-0.15, -0.1) is 0 Å². The molecule has 1 aromatic heterocycles. The summed E-state index contributed by atoms with van der Waals surface area (Å²) in [5.74, 6) is -2.41. The molecule has 0 atom stereocenters. The largest absolute Gasteiger partial charge is 0.436 e. The summed E-state index contributed by atoms with van der Waals surface area (Å²) < 4.78 is 33.4. The molecule has 1 amide bonds. The van der Waals surface area contributed by atoms with Gasteiger partial charge in [0, 0.05) is 14.8 Å². The highest BCUT2D eigenvalue weighted by atomic mass is 127. The standard InChI is InChI=1S/C21H11ClF2IN3O2S/c22-14-9-16(24)15(23)8-13(14)20-27-17-7-12(4-5-18(17)30-20)26-21(31)28-19(29)10-2-1-3-11(25)6-10/h1-9H,(H2,26,28,29,31). The normalized spacial score (nSPS) is 10.8. The van der Waals surface area contributed by atoms with Crippen LogP contribution in [0.4, 0.5) is 14.5 Å². The van der Waals surface area contributed by atoms with E-state index in [2.05, 4.69) is 38.2 Å². The molecule has 1 heterocycles. The van der Waals surface area contributed by atoms with E-state index < -0.39 is 11.6 Å². The van der Waals surface area contributed by atoms with Crippen LogP contribution in [0.15, 0.2) is 59.0 Å². The van der Waals surface area contributed by atoms with Crippen LogP contribution < -0.4 is 10.6 Å². The van der Waals surface area contributed by atoms with Gasteiger partial charge >= 0.3 is 0 Å². The molecule has 0 saturated carbocycles. The molecule has 3 aromatic carbocycles. The van der Waals surface area contributed by atoms with Crippen LogP contribution in [0.2, 0.25) is 5.02 Å². The first-order valence-corrected chi connectivity index (χ1v) is 10.6. The lowest BCUT2D eigenvalue weighted by atomic mass is 10.2. The summed E-state index contributed by atoms with van der Waals surface area (Å²) in [6.07, 6.45) is 0. The van der Waals surface area contributed by atoms with Crippen LogP contribution in [0.1, 0.15) is 10.4 Å². The van der Waals surface area contributed by atoms with Gasteiger partial charge in [-0.25, -0.2) is 13.8 Å². The zero-order valence-electron chi connectivity index (χ0n) is 15.4. The van der Waals surface area contributed by atoms with E-state index in [-0.39, 0.29) is 27.5 Å². The minimum atomic E-state index is -1.06. The van der Waals surface area contributed by atoms with Crippen LogP contribution in [-0.4, -0.2) is 16.0 Å². The summed E-state index contributed by atoms with van der Waals surface area (Å²) >= 11 is 13.3. The number of nitrogens with zero attached hydrogens (tertiary/aromatic N) is 1. The SMILES string of the molecule is O=C(NC(=S)Nc1ccc2oc(-c3cc(F)c(F)cc3Cl)nc2c1)c1cccc(I)c1. The third kappa shape index (κ3) is 4.83. The maximum atomic E-state index is 13.6. The van der Waals surface area contributed by atoms with Gasteiger partial charge in [-0.05, 0) is 83.3 Å². The van der Waals surface area contributed by atoms with Crippen LogP contribution in [0.5, 0.6) is 0 Å². The van der Waals surface area contributed by atoms with Crippen LogP contribution >= 0.6 is 46.4 Å². The number of benzene rings is 3. The number of anilines is 1. The zero-order chi connectivity index (χ0) is 22.1. The molecule has 0 fully saturated rings. The molecule has 0 radical (unpaired) electrons. The fraction of sp³-hybridized carbons (Fsp3) is 0. The van der Waals surface area contributed by atoms with Crippen molar-refractivity contribution in [1.82, 2.24) is 10.3 Å². The number of nitrogens with one attached hydrogen (secondary N) is 2. The number of hydrogen-bond acceptors (Lipinski definition) is 4. The number of thiocarbonyl (C=S) groups is 1. The Morgan fingerprint density at radius 1 is 1.10 bits per heavy atom. The first-order valence-electron chi connectivity index (χ1n) is 8.73. The zero-order valence-corrected chi connectivity index (χ0v) is 19.1. The van der Waals surface area contributed by atoms with Crippen molar-refractivity contribution >= 4 is 74.2 Å². The predicted molar refractivity (Wildman–Crippen MR) is 127 cm³/mol. The Morgan fingerprint density at radius 2 is 1.87 bits per heavy atom. The van der Waals surface area contributed by atoms with Crippen molar-refractivity contribution < 1.29 is 18.0 Å². The average Bonchev–Trinajstić information content (AvgIpc) is 3.13. The molecule has 0 spiro atoms. The Bertz CT molecular complexity index is 1350. The summed E-state index contributed by atoms with van der Waals surface area (Å²) in [5, 5.41) is 5.60. The second-order valence-corrected chi connectivity index (χ2v) is 8.43. The number of oxazole rings is 1. The summed E-state index contributed by atoms with van der Waals surface area (Å²) in [5.41, 5.74) is 2.02. The number of halogens is 4. The molecule has 156 valence electrons. The Labute approximate surface area is 198 Å². The van der Waals surface area contributed by atoms with Crippen molar-refractivity contribution in [2.75, 3.05) is 5.32 Å². The van der Waals surface area contributed by atoms with Gasteiger partial charge in [-0.1, -0.05) is 17.7 Å². The van der Waals surface area contributed by atoms with E-state index in [1.165, 1.54) is 0 Å². The van der Waals surface area contributed by atoms with Gasteiger partial charge in [-0.2, -0.15) is 0 Å². The first-order chi connectivity index (χ1) is 14.8. The molecule has 0 aliphatic heterocycles. The summed E-state index contributed by atoms with van der Waals surface area (Å²) in [6.45, 7) is 0. The van der Waals surface area contributed by atoms with Gasteiger partial charge in [0.25, 0.3) is 5.91 Å². The minimum absolute atomic E-state index is 0.0248. The van der Waals surface area contributed by atoms with Crippen LogP contribution in [0.25, 0.3) is 22.6 Å². The lowest BCUT2D eigenvalue weighted by Crippen LogP contribution is -2.34. The molecule has 4 rings (SSSR count). The Hall–Kier alpha value is -2.63. The lowest BCUT2D eigenvalue weighted by molar-refractivity contribution is 0.0977. The highest BCUT2D eigenvalue weighted by molar-refractivity contribution is 14.1. The van der Waals surface area contributed by atoms with Gasteiger partial charge in [0.05, 0.1) is 10.6 Å². The van der Waals surface area contributed by atoms with E-state index in [1.54, 1.807) is 36.4 Å². The van der Waals surface area contributed by atoms with Crippen LogP contribution in [0, 0.1) is 15.2 Å². The maximum absolute atomic E-state index is 13.6. The van der Waals surface area contributed by atoms with Gasteiger partial charge in [0.1, 0.15) is 5.52 Å². The number of hydrogen-bond donors (Lipinski definition) is 2. The van der Waals surface area contributed by atoms with E-state index in [0.29, 0.717) is 22.4 Å². The summed E-state index contributed by atoms with van der Waals surface area (Å²) in [7, 11) is 0. The third-order valence-electron chi connectivity index (χ3n) is 4.20. The summed E-state index contributed by atoms with van der Waals surface area (Å²) in [6, 6.07) is 13.8. The van der Waals surface area contributed by atoms with Crippen molar-refractivity contribution in [1.29, 1.82) is 0 Å².